The zero-order valence-electron chi connectivity index (χ0n) is 12.8. The molecule has 0 spiro atoms. The third-order valence-corrected chi connectivity index (χ3v) is 5.27. The second-order valence-electron chi connectivity index (χ2n) is 6.96. The zero-order valence-corrected chi connectivity index (χ0v) is 12.8. The highest BCUT2D eigenvalue weighted by atomic mass is 16.5. The van der Waals surface area contributed by atoms with Gasteiger partial charge in [0.15, 0.2) is 0 Å². The lowest BCUT2D eigenvalue weighted by Gasteiger charge is -2.37. The molecular formula is C18H27NO. The van der Waals surface area contributed by atoms with Gasteiger partial charge in [-0.2, -0.15) is 0 Å². The number of fused-ring (bicyclic) bond motifs is 1. The molecule has 1 saturated heterocycles. The van der Waals surface area contributed by atoms with Crippen molar-refractivity contribution in [1.82, 2.24) is 5.32 Å². The molecular weight excluding hydrogens is 246 g/mol. The summed E-state index contributed by atoms with van der Waals surface area (Å²) in [5, 5.41) is 3.85. The molecule has 1 aliphatic carbocycles. The van der Waals surface area contributed by atoms with Crippen LogP contribution in [-0.2, 0) is 4.74 Å². The van der Waals surface area contributed by atoms with Crippen molar-refractivity contribution < 1.29 is 4.74 Å². The molecule has 110 valence electrons. The molecule has 1 aromatic rings. The van der Waals surface area contributed by atoms with Crippen LogP contribution >= 0.6 is 0 Å². The summed E-state index contributed by atoms with van der Waals surface area (Å²) in [5.41, 5.74) is 3.49. The summed E-state index contributed by atoms with van der Waals surface area (Å²) in [6.07, 6.45) is 4.94. The number of rotatable bonds is 3. The van der Waals surface area contributed by atoms with Crippen LogP contribution in [0.3, 0.4) is 0 Å². The second-order valence-corrected chi connectivity index (χ2v) is 6.96. The third-order valence-electron chi connectivity index (χ3n) is 5.27. The predicted octanol–water partition coefficient (Wildman–Crippen LogP) is 4.03. The van der Waals surface area contributed by atoms with Crippen LogP contribution < -0.4 is 5.32 Å². The molecule has 0 aromatic heterocycles. The van der Waals surface area contributed by atoms with E-state index in [1.54, 1.807) is 5.56 Å². The van der Waals surface area contributed by atoms with Gasteiger partial charge in [0.05, 0.1) is 0 Å². The summed E-state index contributed by atoms with van der Waals surface area (Å²) in [6.45, 7) is 7.73. The monoisotopic (exact) mass is 273 g/mol. The number of ether oxygens (including phenoxy) is 1. The van der Waals surface area contributed by atoms with Crippen molar-refractivity contribution >= 4 is 0 Å². The topological polar surface area (TPSA) is 21.3 Å². The van der Waals surface area contributed by atoms with Crippen molar-refractivity contribution in [3.05, 3.63) is 35.4 Å². The molecule has 0 saturated carbocycles. The highest BCUT2D eigenvalue weighted by molar-refractivity contribution is 5.34. The molecule has 2 nitrogen and oxygen atoms in total. The maximum absolute atomic E-state index is 5.50. The van der Waals surface area contributed by atoms with Gasteiger partial charge in [0.2, 0.25) is 0 Å². The van der Waals surface area contributed by atoms with Crippen LogP contribution in [0.4, 0.5) is 0 Å². The standard InChI is InChI=1S/C18H27NO/c1-14-7-8-17(16-6-4-3-5-15(14)16)19-13-18(2)9-11-20-12-10-18/h3-6,14,17,19H,7-13H2,1-2H3. The molecule has 20 heavy (non-hydrogen) atoms. The molecule has 1 aromatic carbocycles. The average molecular weight is 273 g/mol. The molecule has 2 aliphatic rings. The predicted molar refractivity (Wildman–Crippen MR) is 83.0 cm³/mol. The van der Waals surface area contributed by atoms with E-state index in [4.69, 9.17) is 4.74 Å². The molecule has 0 radical (unpaired) electrons. The van der Waals surface area contributed by atoms with E-state index in [-0.39, 0.29) is 0 Å². The maximum Gasteiger partial charge on any atom is 0.0471 e. The number of hydrogen-bond donors (Lipinski definition) is 1. The van der Waals surface area contributed by atoms with Crippen molar-refractivity contribution in [3.8, 4) is 0 Å². The average Bonchev–Trinajstić information content (AvgIpc) is 2.48. The smallest absolute Gasteiger partial charge is 0.0471 e. The van der Waals surface area contributed by atoms with Crippen molar-refractivity contribution in [2.75, 3.05) is 19.8 Å². The number of benzene rings is 1. The van der Waals surface area contributed by atoms with Crippen LogP contribution in [0.15, 0.2) is 24.3 Å². The Morgan fingerprint density at radius 3 is 2.60 bits per heavy atom. The van der Waals surface area contributed by atoms with Crippen LogP contribution in [0.1, 0.15) is 62.6 Å². The Labute approximate surface area is 122 Å². The Morgan fingerprint density at radius 2 is 1.85 bits per heavy atom. The van der Waals surface area contributed by atoms with Crippen LogP contribution in [0.2, 0.25) is 0 Å². The Balaban J connectivity index is 1.68. The Kier molecular flexibility index (Phi) is 4.13. The molecule has 2 heteroatoms. The zero-order chi connectivity index (χ0) is 14.0. The molecule has 2 unspecified atom stereocenters. The van der Waals surface area contributed by atoms with Gasteiger partial charge in [0, 0.05) is 25.8 Å². The summed E-state index contributed by atoms with van der Waals surface area (Å²) >= 11 is 0. The van der Waals surface area contributed by atoms with Crippen molar-refractivity contribution in [3.63, 3.8) is 0 Å². The molecule has 1 aliphatic heterocycles. The number of hydrogen-bond acceptors (Lipinski definition) is 2. The Bertz CT molecular complexity index is 450. The van der Waals surface area contributed by atoms with Crippen LogP contribution in [-0.4, -0.2) is 19.8 Å². The minimum Gasteiger partial charge on any atom is -0.381 e. The highest BCUT2D eigenvalue weighted by Crippen LogP contribution is 2.38. The fourth-order valence-corrected chi connectivity index (χ4v) is 3.63. The van der Waals surface area contributed by atoms with E-state index in [2.05, 4.69) is 43.4 Å². The quantitative estimate of drug-likeness (QED) is 0.897. The van der Waals surface area contributed by atoms with E-state index in [9.17, 15) is 0 Å². The SMILES string of the molecule is CC1CCC(NCC2(C)CCOCC2)c2ccccc21. The molecule has 1 N–H and O–H groups in total. The van der Waals surface area contributed by atoms with Gasteiger partial charge >= 0.3 is 0 Å². The largest absolute Gasteiger partial charge is 0.381 e. The normalized spacial score (nSPS) is 28.9. The van der Waals surface area contributed by atoms with E-state index >= 15 is 0 Å². The molecule has 3 rings (SSSR count). The van der Waals surface area contributed by atoms with Gasteiger partial charge in [0.1, 0.15) is 0 Å². The van der Waals surface area contributed by atoms with Crippen LogP contribution in [0, 0.1) is 5.41 Å². The lowest BCUT2D eigenvalue weighted by atomic mass is 9.79. The minimum absolute atomic E-state index is 0.413. The first-order chi connectivity index (χ1) is 9.68. The fraction of sp³-hybridized carbons (Fsp3) is 0.667. The molecule has 2 atom stereocenters. The summed E-state index contributed by atoms with van der Waals surface area (Å²) in [4.78, 5) is 0. The lowest BCUT2D eigenvalue weighted by Crippen LogP contribution is -2.39. The minimum atomic E-state index is 0.413. The van der Waals surface area contributed by atoms with Gasteiger partial charge in [-0.25, -0.2) is 0 Å². The van der Waals surface area contributed by atoms with Crippen molar-refractivity contribution in [1.29, 1.82) is 0 Å². The second kappa shape index (κ2) is 5.87. The van der Waals surface area contributed by atoms with E-state index < -0.39 is 0 Å². The van der Waals surface area contributed by atoms with Crippen LogP contribution in [0.25, 0.3) is 0 Å². The van der Waals surface area contributed by atoms with Gasteiger partial charge in [-0.15, -0.1) is 0 Å². The fourth-order valence-electron chi connectivity index (χ4n) is 3.63. The van der Waals surface area contributed by atoms with Crippen molar-refractivity contribution in [2.24, 2.45) is 5.41 Å². The molecule has 0 bridgehead atoms. The first-order valence-electron chi connectivity index (χ1n) is 8.08. The molecule has 1 heterocycles. The number of nitrogens with one attached hydrogen (secondary N) is 1. The summed E-state index contributed by atoms with van der Waals surface area (Å²) < 4.78 is 5.50. The molecule has 1 fully saturated rings. The van der Waals surface area contributed by atoms with Gasteiger partial charge in [-0.1, -0.05) is 38.1 Å². The van der Waals surface area contributed by atoms with E-state index in [1.807, 2.05) is 0 Å². The van der Waals surface area contributed by atoms with Gasteiger partial charge in [-0.3, -0.25) is 0 Å². The third kappa shape index (κ3) is 2.91. The highest BCUT2D eigenvalue weighted by Gasteiger charge is 2.30. The van der Waals surface area contributed by atoms with E-state index in [1.165, 1.54) is 31.2 Å². The maximum atomic E-state index is 5.50. The first-order valence-corrected chi connectivity index (χ1v) is 8.08. The Hall–Kier alpha value is -0.860. The summed E-state index contributed by atoms with van der Waals surface area (Å²) in [7, 11) is 0. The summed E-state index contributed by atoms with van der Waals surface area (Å²) in [5.74, 6) is 0.711. The first kappa shape index (κ1) is 14.1. The summed E-state index contributed by atoms with van der Waals surface area (Å²) in [6, 6.07) is 9.53. The molecule has 0 amide bonds. The van der Waals surface area contributed by atoms with Gasteiger partial charge in [-0.05, 0) is 48.1 Å². The van der Waals surface area contributed by atoms with E-state index in [0.29, 0.717) is 17.4 Å². The Morgan fingerprint density at radius 1 is 1.15 bits per heavy atom. The van der Waals surface area contributed by atoms with E-state index in [0.717, 1.165) is 19.8 Å². The van der Waals surface area contributed by atoms with Crippen molar-refractivity contribution in [2.45, 2.75) is 51.5 Å². The lowest BCUT2D eigenvalue weighted by molar-refractivity contribution is 0.0225. The van der Waals surface area contributed by atoms with Gasteiger partial charge < -0.3 is 10.1 Å². The van der Waals surface area contributed by atoms with Crippen LogP contribution in [0.5, 0.6) is 0 Å². The van der Waals surface area contributed by atoms with Gasteiger partial charge in [0.25, 0.3) is 0 Å².